The molecular weight excluding hydrogens is 524 g/mol. The van der Waals surface area contributed by atoms with Crippen LogP contribution in [0.15, 0.2) is 35.9 Å². The molecule has 4 heterocycles. The first-order valence-corrected chi connectivity index (χ1v) is 13.7. The first-order chi connectivity index (χ1) is 18.8. The summed E-state index contributed by atoms with van der Waals surface area (Å²) in [5.74, 6) is 6.92. The van der Waals surface area contributed by atoms with Crippen LogP contribution in [0.4, 0.5) is 13.9 Å². The molecule has 2 aliphatic heterocycles. The molecule has 1 saturated carbocycles. The van der Waals surface area contributed by atoms with Gasteiger partial charge in [-0.15, -0.1) is 10.2 Å². The summed E-state index contributed by atoms with van der Waals surface area (Å²) < 4.78 is 38.6. The number of amides is 1. The summed E-state index contributed by atoms with van der Waals surface area (Å²) in [5, 5.41) is 14.2. The van der Waals surface area contributed by atoms with Crippen molar-refractivity contribution in [3.63, 3.8) is 0 Å². The molecule has 2 N–H and O–H groups in total. The molecule has 1 fully saturated rings. The van der Waals surface area contributed by atoms with Crippen LogP contribution in [0.25, 0.3) is 11.3 Å². The van der Waals surface area contributed by atoms with E-state index in [4.69, 9.17) is 9.47 Å². The van der Waals surface area contributed by atoms with Crippen LogP contribution in [0.3, 0.4) is 0 Å². The second-order valence-electron chi connectivity index (χ2n) is 9.09. The van der Waals surface area contributed by atoms with Crippen molar-refractivity contribution in [1.82, 2.24) is 20.5 Å². The number of aromatic nitrogens is 3. The predicted molar refractivity (Wildman–Crippen MR) is 149 cm³/mol. The number of allylic oxidation sites excluding steroid dienone is 1. The lowest BCUT2D eigenvalue weighted by Gasteiger charge is -2.24. The third kappa shape index (κ3) is 6.63. The molecule has 2 aromatic rings. The van der Waals surface area contributed by atoms with E-state index >= 15 is 0 Å². The Balaban J connectivity index is 0.00000144. The highest BCUT2D eigenvalue weighted by Gasteiger charge is 2.29. The average molecular weight is 558 g/mol. The molecular formula is C28H33F2N5O3S. The highest BCUT2D eigenvalue weighted by Crippen LogP contribution is 2.36. The number of nitrogens with zero attached hydrogens (tertiary/aromatic N) is 3. The normalized spacial score (nSPS) is 20.0. The zero-order chi connectivity index (χ0) is 28.1. The van der Waals surface area contributed by atoms with E-state index in [2.05, 4.69) is 37.7 Å². The van der Waals surface area contributed by atoms with E-state index in [9.17, 15) is 13.6 Å². The number of dihydropyridines is 1. The zero-order valence-corrected chi connectivity index (χ0v) is 23.3. The van der Waals surface area contributed by atoms with Crippen molar-refractivity contribution < 1.29 is 24.5 Å². The monoisotopic (exact) mass is 557 g/mol. The van der Waals surface area contributed by atoms with E-state index in [0.717, 1.165) is 24.8 Å². The topological polar surface area (TPSA) is 98.3 Å². The summed E-state index contributed by atoms with van der Waals surface area (Å²) in [4.78, 5) is 17.9. The number of nitrogens with one attached hydrogen (secondary N) is 2. The van der Waals surface area contributed by atoms with Crippen LogP contribution in [0.1, 0.15) is 75.0 Å². The SMILES string of the molecule is CC.COC1=CNC(C(F)F)C=C1c1cc(C2=C(C)CC(C)O2)ncc1C(=O)Nc1nnc(C#CC2CC2)s1.[HH]. The smallest absolute Gasteiger partial charge is 0.261 e. The van der Waals surface area contributed by atoms with Crippen molar-refractivity contribution in [1.29, 1.82) is 0 Å². The van der Waals surface area contributed by atoms with Gasteiger partial charge in [-0.25, -0.2) is 8.78 Å². The lowest BCUT2D eigenvalue weighted by Crippen LogP contribution is -2.33. The van der Waals surface area contributed by atoms with Gasteiger partial charge in [0.25, 0.3) is 12.3 Å². The highest BCUT2D eigenvalue weighted by atomic mass is 32.1. The molecule has 2 aromatic heterocycles. The molecule has 0 bridgehead atoms. The van der Waals surface area contributed by atoms with E-state index in [-0.39, 0.29) is 18.2 Å². The Morgan fingerprint density at radius 3 is 2.74 bits per heavy atom. The number of carbonyl (C=O) groups excluding carboxylic acids is 1. The molecule has 0 spiro atoms. The van der Waals surface area contributed by atoms with Crippen molar-refractivity contribution >= 4 is 33.7 Å². The van der Waals surface area contributed by atoms with E-state index in [0.29, 0.717) is 39.3 Å². The summed E-state index contributed by atoms with van der Waals surface area (Å²) in [6.07, 6.45) is 4.42. The standard InChI is InChI=1S/C26H25F2N5O3S.C2H6.H2/c1-13-8-14(2)36-23(13)19-9-16(17-10-20(24(27)28)30-12-21(17)35-3)18(11-29-19)25(34)31-26-33-32-22(37-26)7-6-15-4-5-15;1-2;/h9-12,14-15,20,24,30H,4-5,8H2,1-3H3,(H,31,33,34);1-2H3;1H. The summed E-state index contributed by atoms with van der Waals surface area (Å²) in [6, 6.07) is 0.422. The van der Waals surface area contributed by atoms with Crippen LogP contribution in [-0.4, -0.2) is 46.8 Å². The maximum Gasteiger partial charge on any atom is 0.261 e. The lowest BCUT2D eigenvalue weighted by atomic mass is 9.94. The third-order valence-corrected chi connectivity index (χ3v) is 6.84. The molecule has 0 radical (unpaired) electrons. The van der Waals surface area contributed by atoms with Gasteiger partial charge in [-0.05, 0) is 50.3 Å². The Labute approximate surface area is 232 Å². The van der Waals surface area contributed by atoms with Crippen molar-refractivity contribution in [2.45, 2.75) is 65.5 Å². The van der Waals surface area contributed by atoms with Crippen LogP contribution < -0.4 is 10.6 Å². The second kappa shape index (κ2) is 12.4. The minimum absolute atomic E-state index is 0. The van der Waals surface area contributed by atoms with Crippen LogP contribution in [0, 0.1) is 17.8 Å². The van der Waals surface area contributed by atoms with Crippen LogP contribution in [0.5, 0.6) is 0 Å². The van der Waals surface area contributed by atoms with Gasteiger partial charge in [0.05, 0.1) is 18.8 Å². The number of hydrogen-bond acceptors (Lipinski definition) is 8. The fourth-order valence-electron chi connectivity index (χ4n) is 4.11. The van der Waals surface area contributed by atoms with E-state index in [1.165, 1.54) is 36.9 Å². The Kier molecular flexibility index (Phi) is 8.97. The number of carbonyl (C=O) groups is 1. The largest absolute Gasteiger partial charge is 0.495 e. The van der Waals surface area contributed by atoms with Crippen molar-refractivity contribution in [2.75, 3.05) is 12.4 Å². The molecule has 0 aromatic carbocycles. The van der Waals surface area contributed by atoms with Crippen LogP contribution in [0.2, 0.25) is 0 Å². The van der Waals surface area contributed by atoms with Gasteiger partial charge in [-0.2, -0.15) is 0 Å². The van der Waals surface area contributed by atoms with E-state index < -0.39 is 18.4 Å². The van der Waals surface area contributed by atoms with Gasteiger partial charge in [0.1, 0.15) is 23.3 Å². The fourth-order valence-corrected chi connectivity index (χ4v) is 4.71. The first kappa shape index (κ1) is 28.2. The molecule has 0 saturated heterocycles. The quantitative estimate of drug-likeness (QED) is 0.429. The third-order valence-electron chi connectivity index (χ3n) is 6.09. The first-order valence-electron chi connectivity index (χ1n) is 12.9. The van der Waals surface area contributed by atoms with Crippen molar-refractivity contribution in [2.24, 2.45) is 5.92 Å². The average Bonchev–Trinajstić information content (AvgIpc) is 3.57. The summed E-state index contributed by atoms with van der Waals surface area (Å²) in [5.41, 5.74) is 2.41. The lowest BCUT2D eigenvalue weighted by molar-refractivity contribution is 0.102. The molecule has 208 valence electrons. The summed E-state index contributed by atoms with van der Waals surface area (Å²) in [7, 11) is 1.44. The van der Waals surface area contributed by atoms with Gasteiger partial charge < -0.3 is 14.8 Å². The number of rotatable bonds is 6. The molecule has 5 rings (SSSR count). The minimum atomic E-state index is -2.66. The van der Waals surface area contributed by atoms with Gasteiger partial charge >= 0.3 is 0 Å². The maximum atomic E-state index is 13.6. The van der Waals surface area contributed by atoms with Gasteiger partial charge in [0.15, 0.2) is 5.01 Å². The molecule has 1 aliphatic carbocycles. The molecule has 1 amide bonds. The predicted octanol–water partition coefficient (Wildman–Crippen LogP) is 5.87. The number of alkyl halides is 2. The number of pyridine rings is 1. The van der Waals surface area contributed by atoms with Gasteiger partial charge in [-0.1, -0.05) is 31.1 Å². The van der Waals surface area contributed by atoms with Crippen molar-refractivity contribution in [3.8, 4) is 11.8 Å². The minimum Gasteiger partial charge on any atom is -0.495 e. The molecule has 3 aliphatic rings. The number of methoxy groups -OCH3 is 1. The van der Waals surface area contributed by atoms with E-state index in [1.54, 1.807) is 6.07 Å². The second-order valence-corrected chi connectivity index (χ2v) is 10.1. The number of hydrogen-bond donors (Lipinski definition) is 2. The summed E-state index contributed by atoms with van der Waals surface area (Å²) >= 11 is 1.17. The highest BCUT2D eigenvalue weighted by molar-refractivity contribution is 7.15. The van der Waals surface area contributed by atoms with Gasteiger partial charge in [-0.3, -0.25) is 15.1 Å². The Morgan fingerprint density at radius 1 is 1.33 bits per heavy atom. The van der Waals surface area contributed by atoms with Gasteiger partial charge in [0, 0.05) is 37.3 Å². The van der Waals surface area contributed by atoms with Crippen molar-refractivity contribution in [3.05, 3.63) is 57.7 Å². The number of anilines is 1. The maximum absolute atomic E-state index is 13.6. The summed E-state index contributed by atoms with van der Waals surface area (Å²) in [6.45, 7) is 7.91. The van der Waals surface area contributed by atoms with Crippen LogP contribution in [-0.2, 0) is 9.47 Å². The van der Waals surface area contributed by atoms with Gasteiger partial charge in [0.2, 0.25) is 5.13 Å². The zero-order valence-electron chi connectivity index (χ0n) is 22.5. The molecule has 8 nitrogen and oxygen atoms in total. The molecule has 39 heavy (non-hydrogen) atoms. The molecule has 2 unspecified atom stereocenters. The Hall–Kier alpha value is -3.78. The van der Waals surface area contributed by atoms with Crippen LogP contribution >= 0.6 is 11.3 Å². The number of halogens is 2. The fraction of sp³-hybridized carbons (Fsp3) is 0.429. The Bertz CT molecular complexity index is 1390. The molecule has 2 atom stereocenters. The number of ether oxygens (including phenoxy) is 2. The Morgan fingerprint density at radius 2 is 2.10 bits per heavy atom. The van der Waals surface area contributed by atoms with E-state index in [1.807, 2.05) is 27.7 Å². The molecule has 11 heteroatoms.